The number of benzene rings is 1. The summed E-state index contributed by atoms with van der Waals surface area (Å²) >= 11 is 0. The van der Waals surface area contributed by atoms with Crippen LogP contribution in [0.4, 0.5) is 0 Å². The molecule has 0 fully saturated rings. The van der Waals surface area contributed by atoms with Gasteiger partial charge >= 0.3 is 5.97 Å². The standard InChI is InChI=1S/C24H25N3O5/c1-3-7-25-10-15-14-8-13-11-27-19(21(13)26-18(14)5-6-20(15)28)9-17-16(22(27)29)12-32-23(30)24(17,31)4-2/h5-6,8-9,25,28,31H,3-4,7,10-12H2,1-2H3. The first-order valence-electron chi connectivity index (χ1n) is 10.9. The normalized spacial score (nSPS) is 18.9. The van der Waals surface area contributed by atoms with E-state index >= 15 is 0 Å². The number of carbonyl (C=O) groups is 1. The average molecular weight is 435 g/mol. The number of pyridine rings is 2. The molecule has 8 nitrogen and oxygen atoms in total. The second-order valence-electron chi connectivity index (χ2n) is 8.41. The highest BCUT2D eigenvalue weighted by molar-refractivity contribution is 5.89. The topological polar surface area (TPSA) is 114 Å². The summed E-state index contributed by atoms with van der Waals surface area (Å²) in [6, 6.07) is 7.06. The lowest BCUT2D eigenvalue weighted by atomic mass is 9.86. The van der Waals surface area contributed by atoms with E-state index in [4.69, 9.17) is 9.72 Å². The third kappa shape index (κ3) is 2.87. The number of nitrogens with one attached hydrogen (secondary N) is 1. The summed E-state index contributed by atoms with van der Waals surface area (Å²) in [5.74, 6) is -0.532. The minimum Gasteiger partial charge on any atom is -0.508 e. The molecular weight excluding hydrogens is 410 g/mol. The third-order valence-electron chi connectivity index (χ3n) is 6.51. The van der Waals surface area contributed by atoms with Crippen molar-refractivity contribution in [1.82, 2.24) is 14.9 Å². The number of phenols is 1. The monoisotopic (exact) mass is 435 g/mol. The SMILES string of the molecule is CCCNCc1c(O)ccc2nc3c(cc12)Cn1c-3cc2c(c1=O)COC(=O)C2(O)CC. The molecule has 166 valence electrons. The second kappa shape index (κ2) is 7.43. The average Bonchev–Trinajstić information content (AvgIpc) is 3.15. The van der Waals surface area contributed by atoms with E-state index in [0.29, 0.717) is 41.1 Å². The Morgan fingerprint density at radius 1 is 1.25 bits per heavy atom. The van der Waals surface area contributed by atoms with E-state index in [9.17, 15) is 19.8 Å². The zero-order valence-electron chi connectivity index (χ0n) is 18.1. The minimum atomic E-state index is -1.84. The Hall–Kier alpha value is -3.23. The fraction of sp³-hybridized carbons (Fsp3) is 0.375. The van der Waals surface area contributed by atoms with Gasteiger partial charge in [-0.25, -0.2) is 9.78 Å². The fourth-order valence-electron chi connectivity index (χ4n) is 4.68. The molecule has 0 amide bonds. The van der Waals surface area contributed by atoms with Crippen molar-refractivity contribution in [1.29, 1.82) is 0 Å². The highest BCUT2D eigenvalue weighted by Crippen LogP contribution is 2.39. The van der Waals surface area contributed by atoms with Crippen molar-refractivity contribution in [3.8, 4) is 17.1 Å². The van der Waals surface area contributed by atoms with Gasteiger partial charge in [-0.1, -0.05) is 13.8 Å². The smallest absolute Gasteiger partial charge is 0.343 e. The zero-order chi connectivity index (χ0) is 22.6. The van der Waals surface area contributed by atoms with Gasteiger partial charge in [0, 0.05) is 28.6 Å². The molecule has 3 N–H and O–H groups in total. The number of esters is 1. The Kier molecular flexibility index (Phi) is 4.79. The van der Waals surface area contributed by atoms with Crippen LogP contribution >= 0.6 is 0 Å². The molecule has 1 unspecified atom stereocenters. The van der Waals surface area contributed by atoms with Crippen molar-refractivity contribution >= 4 is 16.9 Å². The number of nitrogens with zero attached hydrogens (tertiary/aromatic N) is 2. The number of aliphatic hydroxyl groups is 1. The minimum absolute atomic E-state index is 0.104. The summed E-state index contributed by atoms with van der Waals surface area (Å²) in [5.41, 5.74) is 2.03. The number of rotatable bonds is 5. The highest BCUT2D eigenvalue weighted by atomic mass is 16.6. The van der Waals surface area contributed by atoms with E-state index < -0.39 is 11.6 Å². The number of carbonyl (C=O) groups excluding carboxylic acids is 1. The first-order chi connectivity index (χ1) is 15.4. The second-order valence-corrected chi connectivity index (χ2v) is 8.41. The van der Waals surface area contributed by atoms with Gasteiger partial charge in [0.25, 0.3) is 5.56 Å². The van der Waals surface area contributed by atoms with E-state index in [2.05, 4.69) is 12.2 Å². The first-order valence-corrected chi connectivity index (χ1v) is 10.9. The molecule has 32 heavy (non-hydrogen) atoms. The van der Waals surface area contributed by atoms with Gasteiger partial charge < -0.3 is 24.8 Å². The molecule has 0 saturated carbocycles. The Morgan fingerprint density at radius 3 is 2.81 bits per heavy atom. The van der Waals surface area contributed by atoms with Gasteiger partial charge in [0.2, 0.25) is 0 Å². The summed E-state index contributed by atoms with van der Waals surface area (Å²) in [5, 5.41) is 25.6. The van der Waals surface area contributed by atoms with Gasteiger partial charge in [0.15, 0.2) is 5.60 Å². The lowest BCUT2D eigenvalue weighted by molar-refractivity contribution is -0.172. The van der Waals surface area contributed by atoms with Crippen LogP contribution in [0.2, 0.25) is 0 Å². The molecule has 2 aliphatic rings. The molecule has 0 radical (unpaired) electrons. The number of phenolic OH excluding ortho intramolecular Hbond substituents is 1. The molecule has 1 aromatic carbocycles. The van der Waals surface area contributed by atoms with Crippen molar-refractivity contribution < 1.29 is 19.7 Å². The van der Waals surface area contributed by atoms with Gasteiger partial charge in [-0.3, -0.25) is 4.79 Å². The molecule has 0 spiro atoms. The number of fused-ring (bicyclic) bond motifs is 5. The molecule has 2 aromatic heterocycles. The molecule has 5 rings (SSSR count). The summed E-state index contributed by atoms with van der Waals surface area (Å²) < 4.78 is 6.73. The van der Waals surface area contributed by atoms with E-state index in [1.807, 2.05) is 6.07 Å². The Balaban J connectivity index is 1.69. The molecule has 0 bridgehead atoms. The van der Waals surface area contributed by atoms with Crippen LogP contribution in [0.1, 0.15) is 48.9 Å². The summed E-state index contributed by atoms with van der Waals surface area (Å²) in [4.78, 5) is 30.4. The van der Waals surface area contributed by atoms with E-state index in [1.165, 1.54) is 0 Å². The maximum absolute atomic E-state index is 13.3. The van der Waals surface area contributed by atoms with Crippen molar-refractivity contribution in [2.75, 3.05) is 6.54 Å². The lowest BCUT2D eigenvalue weighted by Crippen LogP contribution is -2.44. The number of aromatic hydroxyl groups is 1. The van der Waals surface area contributed by atoms with Gasteiger partial charge in [-0.15, -0.1) is 0 Å². The summed E-state index contributed by atoms with van der Waals surface area (Å²) in [7, 11) is 0. The van der Waals surface area contributed by atoms with E-state index in [-0.39, 0.29) is 24.3 Å². The third-order valence-corrected chi connectivity index (χ3v) is 6.51. The Bertz CT molecular complexity index is 1330. The first kappa shape index (κ1) is 20.7. The zero-order valence-corrected chi connectivity index (χ0v) is 18.1. The van der Waals surface area contributed by atoms with Gasteiger partial charge in [-0.05, 0) is 43.7 Å². The molecule has 0 aliphatic carbocycles. The number of aromatic nitrogens is 2. The van der Waals surface area contributed by atoms with Crippen LogP contribution in [0.15, 0.2) is 29.1 Å². The number of hydrogen-bond acceptors (Lipinski definition) is 7. The highest BCUT2D eigenvalue weighted by Gasteiger charge is 2.45. The number of hydrogen-bond donors (Lipinski definition) is 3. The molecule has 4 heterocycles. The molecule has 3 aromatic rings. The van der Waals surface area contributed by atoms with Crippen LogP contribution in [-0.4, -0.2) is 32.3 Å². The van der Waals surface area contributed by atoms with E-state index in [1.54, 1.807) is 29.7 Å². The molecule has 0 saturated heterocycles. The van der Waals surface area contributed by atoms with Gasteiger partial charge in [0.05, 0.1) is 29.0 Å². The van der Waals surface area contributed by atoms with Crippen molar-refractivity contribution in [3.05, 3.63) is 56.9 Å². The molecule has 8 heteroatoms. The Morgan fingerprint density at radius 2 is 2.06 bits per heavy atom. The number of ether oxygens (including phenoxy) is 1. The van der Waals surface area contributed by atoms with Crippen LogP contribution in [0.5, 0.6) is 5.75 Å². The van der Waals surface area contributed by atoms with Crippen LogP contribution in [0.3, 0.4) is 0 Å². The van der Waals surface area contributed by atoms with Crippen LogP contribution < -0.4 is 10.9 Å². The predicted octanol–water partition coefficient (Wildman–Crippen LogP) is 2.28. The molecule has 2 aliphatic heterocycles. The van der Waals surface area contributed by atoms with Crippen molar-refractivity contribution in [2.24, 2.45) is 0 Å². The van der Waals surface area contributed by atoms with E-state index in [0.717, 1.165) is 29.5 Å². The van der Waals surface area contributed by atoms with Gasteiger partial charge in [-0.2, -0.15) is 0 Å². The fourth-order valence-corrected chi connectivity index (χ4v) is 4.68. The maximum Gasteiger partial charge on any atom is 0.343 e. The van der Waals surface area contributed by atoms with Gasteiger partial charge in [0.1, 0.15) is 12.4 Å². The summed E-state index contributed by atoms with van der Waals surface area (Å²) in [6.07, 6.45) is 1.09. The lowest BCUT2D eigenvalue weighted by Gasteiger charge is -2.31. The largest absolute Gasteiger partial charge is 0.508 e. The number of cyclic esters (lactones) is 1. The maximum atomic E-state index is 13.3. The van der Waals surface area contributed by atoms with Crippen LogP contribution in [-0.2, 0) is 34.8 Å². The van der Waals surface area contributed by atoms with Crippen molar-refractivity contribution in [2.45, 2.75) is 52.0 Å². The van der Waals surface area contributed by atoms with Crippen LogP contribution in [0.25, 0.3) is 22.3 Å². The van der Waals surface area contributed by atoms with Crippen LogP contribution in [0, 0.1) is 0 Å². The molecular formula is C24H25N3O5. The predicted molar refractivity (Wildman–Crippen MR) is 118 cm³/mol. The quantitative estimate of drug-likeness (QED) is 0.326. The van der Waals surface area contributed by atoms with Crippen molar-refractivity contribution in [3.63, 3.8) is 0 Å². The Labute approximate surface area is 184 Å². The summed E-state index contributed by atoms with van der Waals surface area (Å²) in [6.45, 7) is 5.29. The molecule has 1 atom stereocenters.